The number of hydrogen-bond donors (Lipinski definition) is 1. The zero-order valence-electron chi connectivity index (χ0n) is 14.4. The average molecular weight is 395 g/mol. The average Bonchev–Trinajstić information content (AvgIpc) is 3.26. The van der Waals surface area contributed by atoms with Crippen molar-refractivity contribution in [3.05, 3.63) is 75.3 Å². The number of benzene rings is 2. The van der Waals surface area contributed by atoms with Gasteiger partial charge in [-0.05, 0) is 54.3 Å². The van der Waals surface area contributed by atoms with E-state index in [0.29, 0.717) is 22.1 Å². The van der Waals surface area contributed by atoms with Gasteiger partial charge in [0.25, 0.3) is 0 Å². The van der Waals surface area contributed by atoms with E-state index in [1.54, 1.807) is 11.6 Å². The lowest BCUT2D eigenvalue weighted by molar-refractivity contribution is -0.125. The molecule has 0 aliphatic heterocycles. The Labute approximate surface area is 165 Å². The molecule has 1 N–H and O–H groups in total. The fourth-order valence-electron chi connectivity index (χ4n) is 3.85. The first kappa shape index (κ1) is 17.7. The van der Waals surface area contributed by atoms with Crippen molar-refractivity contribution >= 4 is 34.0 Å². The molecule has 27 heavy (non-hydrogen) atoms. The van der Waals surface area contributed by atoms with E-state index in [-0.39, 0.29) is 11.8 Å². The summed E-state index contributed by atoms with van der Waals surface area (Å²) in [7, 11) is 0. The smallest absolute Gasteiger partial charge is 0.233 e. The third kappa shape index (κ3) is 3.09. The molecule has 0 radical (unpaired) electrons. The Kier molecular flexibility index (Phi) is 4.42. The minimum atomic E-state index is -0.743. The van der Waals surface area contributed by atoms with Crippen molar-refractivity contribution in [2.24, 2.45) is 5.41 Å². The van der Waals surface area contributed by atoms with Crippen LogP contribution in [0.2, 0.25) is 5.02 Å². The third-order valence-electron chi connectivity index (χ3n) is 5.06. The molecule has 0 saturated heterocycles. The Balaban J connectivity index is 1.83. The van der Waals surface area contributed by atoms with Crippen molar-refractivity contribution in [3.8, 4) is 6.07 Å². The summed E-state index contributed by atoms with van der Waals surface area (Å²) in [6, 6.07) is 15.4. The second-order valence-corrected chi connectivity index (χ2v) is 8.08. The van der Waals surface area contributed by atoms with Gasteiger partial charge in [-0.15, -0.1) is 10.2 Å². The Morgan fingerprint density at radius 3 is 2.93 bits per heavy atom. The zero-order valence-corrected chi connectivity index (χ0v) is 16.0. The predicted octanol–water partition coefficient (Wildman–Crippen LogP) is 4.40. The van der Waals surface area contributed by atoms with Crippen LogP contribution in [0.15, 0.2) is 48.0 Å². The van der Waals surface area contributed by atoms with Gasteiger partial charge in [-0.3, -0.25) is 4.79 Å². The number of nitrogens with one attached hydrogen (secondary N) is 1. The Morgan fingerprint density at radius 1 is 1.37 bits per heavy atom. The van der Waals surface area contributed by atoms with Crippen LogP contribution in [0, 0.1) is 16.7 Å². The minimum Gasteiger partial charge on any atom is -0.300 e. The SMILES string of the molecule is C[C@@]1(C(=O)Nc2nncs2)Cc2ccc(C#N)cc2[C@@H]1c1cccc(Cl)c1. The molecule has 0 saturated carbocycles. The summed E-state index contributed by atoms with van der Waals surface area (Å²) < 4.78 is 0. The van der Waals surface area contributed by atoms with E-state index in [4.69, 9.17) is 11.6 Å². The molecule has 2 atom stereocenters. The van der Waals surface area contributed by atoms with Gasteiger partial charge in [0.1, 0.15) is 5.51 Å². The molecule has 2 aromatic carbocycles. The van der Waals surface area contributed by atoms with E-state index in [0.717, 1.165) is 16.7 Å². The lowest BCUT2D eigenvalue weighted by Gasteiger charge is -2.31. The standard InChI is InChI=1S/C20H15ClN4OS/c1-20(18(26)24-19-25-23-11-27-19)9-14-6-5-12(10-22)7-16(14)17(20)13-3-2-4-15(21)8-13/h2-8,11,17H,9H2,1H3,(H,24,25,26)/t17-,20+/m0/s1. The molecule has 0 unspecified atom stereocenters. The maximum Gasteiger partial charge on any atom is 0.233 e. The van der Waals surface area contributed by atoms with Crippen molar-refractivity contribution < 1.29 is 4.79 Å². The lowest BCUT2D eigenvalue weighted by atomic mass is 9.73. The highest BCUT2D eigenvalue weighted by Crippen LogP contribution is 2.51. The van der Waals surface area contributed by atoms with E-state index in [9.17, 15) is 10.1 Å². The number of nitriles is 1. The molecule has 5 nitrogen and oxygen atoms in total. The maximum absolute atomic E-state index is 13.3. The van der Waals surface area contributed by atoms with Gasteiger partial charge in [0.15, 0.2) is 0 Å². The minimum absolute atomic E-state index is 0.126. The lowest BCUT2D eigenvalue weighted by Crippen LogP contribution is -2.37. The van der Waals surface area contributed by atoms with E-state index in [1.165, 1.54) is 11.3 Å². The molecule has 3 aromatic rings. The van der Waals surface area contributed by atoms with Gasteiger partial charge in [0.2, 0.25) is 11.0 Å². The fourth-order valence-corrected chi connectivity index (χ4v) is 4.49. The van der Waals surface area contributed by atoms with Crippen molar-refractivity contribution in [2.45, 2.75) is 19.3 Å². The Morgan fingerprint density at radius 2 is 2.22 bits per heavy atom. The van der Waals surface area contributed by atoms with Gasteiger partial charge in [-0.25, -0.2) is 0 Å². The predicted molar refractivity (Wildman–Crippen MR) is 105 cm³/mol. The molecule has 1 aliphatic carbocycles. The fraction of sp³-hybridized carbons (Fsp3) is 0.200. The molecule has 0 spiro atoms. The summed E-state index contributed by atoms with van der Waals surface area (Å²) in [5.74, 6) is -0.341. The Bertz CT molecular complexity index is 1060. The van der Waals surface area contributed by atoms with E-state index >= 15 is 0 Å². The number of aromatic nitrogens is 2. The summed E-state index contributed by atoms with van der Waals surface area (Å²) in [4.78, 5) is 13.3. The van der Waals surface area contributed by atoms with Crippen LogP contribution in [0.25, 0.3) is 0 Å². The van der Waals surface area contributed by atoms with Crippen LogP contribution >= 0.6 is 22.9 Å². The quantitative estimate of drug-likeness (QED) is 0.714. The molecule has 1 heterocycles. The van der Waals surface area contributed by atoms with Gasteiger partial charge in [-0.2, -0.15) is 5.26 Å². The number of halogens is 1. The van der Waals surface area contributed by atoms with Crippen molar-refractivity contribution in [3.63, 3.8) is 0 Å². The number of carbonyl (C=O) groups is 1. The topological polar surface area (TPSA) is 78.7 Å². The molecular weight excluding hydrogens is 380 g/mol. The van der Waals surface area contributed by atoms with Crippen molar-refractivity contribution in [1.82, 2.24) is 10.2 Å². The van der Waals surface area contributed by atoms with Crippen LogP contribution in [0.5, 0.6) is 0 Å². The van der Waals surface area contributed by atoms with Crippen LogP contribution in [-0.2, 0) is 11.2 Å². The van der Waals surface area contributed by atoms with Gasteiger partial charge in [0, 0.05) is 10.9 Å². The summed E-state index contributed by atoms with van der Waals surface area (Å²) in [5.41, 5.74) is 4.42. The summed E-state index contributed by atoms with van der Waals surface area (Å²) in [6.07, 6.45) is 0.565. The van der Waals surface area contributed by atoms with Crippen LogP contribution in [0.4, 0.5) is 5.13 Å². The maximum atomic E-state index is 13.3. The summed E-state index contributed by atoms with van der Waals surface area (Å²) in [6.45, 7) is 1.95. The van der Waals surface area contributed by atoms with Crippen LogP contribution in [0.3, 0.4) is 0 Å². The second kappa shape index (κ2) is 6.76. The zero-order chi connectivity index (χ0) is 19.0. The van der Waals surface area contributed by atoms with Crippen LogP contribution in [0.1, 0.15) is 35.1 Å². The van der Waals surface area contributed by atoms with E-state index in [1.807, 2.05) is 43.3 Å². The monoisotopic (exact) mass is 394 g/mol. The highest BCUT2D eigenvalue weighted by atomic mass is 35.5. The molecule has 1 aliphatic rings. The van der Waals surface area contributed by atoms with Gasteiger partial charge in [0.05, 0.1) is 17.0 Å². The summed E-state index contributed by atoms with van der Waals surface area (Å²) in [5, 5.41) is 21.0. The largest absolute Gasteiger partial charge is 0.300 e. The molecular formula is C20H15ClN4OS. The first-order chi connectivity index (χ1) is 13.0. The van der Waals surface area contributed by atoms with Crippen molar-refractivity contribution in [1.29, 1.82) is 5.26 Å². The van der Waals surface area contributed by atoms with Gasteiger partial charge >= 0.3 is 0 Å². The number of rotatable bonds is 3. The second-order valence-electron chi connectivity index (χ2n) is 6.81. The highest BCUT2D eigenvalue weighted by molar-refractivity contribution is 7.13. The van der Waals surface area contributed by atoms with Gasteiger partial charge in [-0.1, -0.05) is 41.1 Å². The highest BCUT2D eigenvalue weighted by Gasteiger charge is 2.49. The molecule has 134 valence electrons. The number of amides is 1. The first-order valence-electron chi connectivity index (χ1n) is 8.37. The molecule has 0 bridgehead atoms. The first-order valence-corrected chi connectivity index (χ1v) is 9.63. The Hall–Kier alpha value is -2.75. The number of nitrogens with zero attached hydrogens (tertiary/aromatic N) is 3. The molecule has 4 rings (SSSR count). The third-order valence-corrected chi connectivity index (χ3v) is 5.90. The molecule has 7 heteroatoms. The van der Waals surface area contributed by atoms with Crippen molar-refractivity contribution in [2.75, 3.05) is 5.32 Å². The number of anilines is 1. The van der Waals surface area contributed by atoms with Crippen LogP contribution < -0.4 is 5.32 Å². The molecule has 0 fully saturated rings. The molecule has 1 aromatic heterocycles. The number of fused-ring (bicyclic) bond motifs is 1. The van der Waals surface area contributed by atoms with Crippen LogP contribution in [-0.4, -0.2) is 16.1 Å². The number of hydrogen-bond acceptors (Lipinski definition) is 5. The van der Waals surface area contributed by atoms with E-state index in [2.05, 4.69) is 21.6 Å². The van der Waals surface area contributed by atoms with E-state index < -0.39 is 5.41 Å². The van der Waals surface area contributed by atoms with Gasteiger partial charge < -0.3 is 5.32 Å². The number of carbonyl (C=O) groups excluding carboxylic acids is 1. The summed E-state index contributed by atoms with van der Waals surface area (Å²) >= 11 is 7.51. The molecule has 1 amide bonds. The normalized spacial score (nSPS) is 20.7.